The maximum absolute atomic E-state index is 12.7. The molecular weight excluding hydrogens is 376 g/mol. The second-order valence-electron chi connectivity index (χ2n) is 5.99. The average molecular weight is 391 g/mol. The molecule has 0 atom stereocenters. The third-order valence-corrected chi connectivity index (χ3v) is 4.45. The molecule has 0 fully saturated rings. The Morgan fingerprint density at radius 2 is 1.79 bits per heavy atom. The molecule has 2 heterocycles. The molecule has 4 rings (SSSR count). The van der Waals surface area contributed by atoms with Gasteiger partial charge in [-0.05, 0) is 35.9 Å². The molecule has 0 aliphatic rings. The molecule has 0 radical (unpaired) electrons. The van der Waals surface area contributed by atoms with Crippen LogP contribution >= 0.6 is 11.6 Å². The largest absolute Gasteiger partial charge is 0.348 e. The fourth-order valence-electron chi connectivity index (χ4n) is 2.73. The van der Waals surface area contributed by atoms with Crippen molar-refractivity contribution < 1.29 is 9.32 Å². The number of hydrogen-bond donors (Lipinski definition) is 1. The molecule has 1 N–H and O–H groups in total. The first-order valence-corrected chi connectivity index (χ1v) is 8.95. The number of benzene rings is 2. The van der Waals surface area contributed by atoms with E-state index >= 15 is 0 Å². The number of hydrogen-bond acceptors (Lipinski definition) is 5. The summed E-state index contributed by atoms with van der Waals surface area (Å²) in [6, 6.07) is 18.0. The number of nitrogens with zero attached hydrogens (tertiary/aromatic N) is 3. The molecular formula is C21H15ClN4O2. The van der Waals surface area contributed by atoms with Gasteiger partial charge >= 0.3 is 0 Å². The molecule has 0 saturated carbocycles. The van der Waals surface area contributed by atoms with Crippen molar-refractivity contribution in [2.75, 3.05) is 0 Å². The molecule has 0 saturated heterocycles. The zero-order chi connectivity index (χ0) is 19.3. The van der Waals surface area contributed by atoms with Crippen molar-refractivity contribution in [3.8, 4) is 22.8 Å². The maximum Gasteiger partial charge on any atom is 0.259 e. The number of halogens is 1. The Hall–Kier alpha value is -3.51. The Kier molecular flexibility index (Phi) is 5.12. The lowest BCUT2D eigenvalue weighted by molar-refractivity contribution is 0.0951. The number of carbonyl (C=O) groups excluding carboxylic acids is 1. The van der Waals surface area contributed by atoms with Gasteiger partial charge in [-0.15, -0.1) is 0 Å². The van der Waals surface area contributed by atoms with Crippen LogP contribution in [0, 0.1) is 0 Å². The van der Waals surface area contributed by atoms with Crippen molar-refractivity contribution >= 4 is 17.5 Å². The molecule has 0 spiro atoms. The standard InChI is InChI=1S/C21H15ClN4O2/c22-18-10-4-3-9-17(18)19-25-21(28-26-19)16-8-2-1-7-15(16)20(27)24-13-14-6-5-11-23-12-14/h1-12H,13H2,(H,24,27). The van der Waals surface area contributed by atoms with Crippen LogP contribution in [0.3, 0.4) is 0 Å². The predicted octanol–water partition coefficient (Wildman–Crippen LogP) is 4.38. The summed E-state index contributed by atoms with van der Waals surface area (Å²) in [6.07, 6.45) is 3.40. The summed E-state index contributed by atoms with van der Waals surface area (Å²) in [7, 11) is 0. The van der Waals surface area contributed by atoms with E-state index in [1.807, 2.05) is 36.4 Å². The van der Waals surface area contributed by atoms with Crippen LogP contribution in [0.4, 0.5) is 0 Å². The Morgan fingerprint density at radius 1 is 1.00 bits per heavy atom. The Labute approximate surface area is 166 Å². The summed E-state index contributed by atoms with van der Waals surface area (Å²) in [5.41, 5.74) is 2.57. The highest BCUT2D eigenvalue weighted by Crippen LogP contribution is 2.28. The van der Waals surface area contributed by atoms with Crippen LogP contribution < -0.4 is 5.32 Å². The lowest BCUT2D eigenvalue weighted by atomic mass is 10.1. The second kappa shape index (κ2) is 8.02. The van der Waals surface area contributed by atoms with Crippen LogP contribution in [-0.2, 0) is 6.54 Å². The molecule has 0 aliphatic heterocycles. The molecule has 138 valence electrons. The highest BCUT2D eigenvalue weighted by atomic mass is 35.5. The molecule has 2 aromatic carbocycles. The highest BCUT2D eigenvalue weighted by Gasteiger charge is 2.18. The van der Waals surface area contributed by atoms with Crippen molar-refractivity contribution in [3.63, 3.8) is 0 Å². The smallest absolute Gasteiger partial charge is 0.259 e. The first-order valence-electron chi connectivity index (χ1n) is 8.57. The van der Waals surface area contributed by atoms with E-state index in [0.717, 1.165) is 5.56 Å². The SMILES string of the molecule is O=C(NCc1cccnc1)c1ccccc1-c1nc(-c2ccccc2Cl)no1. The van der Waals surface area contributed by atoms with Gasteiger partial charge in [-0.25, -0.2) is 0 Å². The van der Waals surface area contributed by atoms with Gasteiger partial charge in [-0.2, -0.15) is 4.98 Å². The zero-order valence-corrected chi connectivity index (χ0v) is 15.4. The summed E-state index contributed by atoms with van der Waals surface area (Å²) in [4.78, 5) is 21.2. The van der Waals surface area contributed by atoms with Crippen LogP contribution in [0.1, 0.15) is 15.9 Å². The minimum absolute atomic E-state index is 0.239. The van der Waals surface area contributed by atoms with Crippen molar-refractivity contribution in [1.82, 2.24) is 20.4 Å². The normalized spacial score (nSPS) is 10.6. The van der Waals surface area contributed by atoms with Crippen LogP contribution in [0.25, 0.3) is 22.8 Å². The molecule has 7 heteroatoms. The number of nitrogens with one attached hydrogen (secondary N) is 1. The van der Waals surface area contributed by atoms with Crippen molar-refractivity contribution in [2.45, 2.75) is 6.54 Å². The fraction of sp³-hybridized carbons (Fsp3) is 0.0476. The van der Waals surface area contributed by atoms with Crippen molar-refractivity contribution in [3.05, 3.63) is 89.2 Å². The van der Waals surface area contributed by atoms with E-state index in [9.17, 15) is 4.79 Å². The Bertz CT molecular complexity index is 1110. The second-order valence-corrected chi connectivity index (χ2v) is 6.40. The number of aromatic nitrogens is 3. The predicted molar refractivity (Wildman–Crippen MR) is 106 cm³/mol. The Balaban J connectivity index is 1.60. The van der Waals surface area contributed by atoms with E-state index in [4.69, 9.17) is 16.1 Å². The van der Waals surface area contributed by atoms with Gasteiger partial charge in [0.05, 0.1) is 16.1 Å². The van der Waals surface area contributed by atoms with Crippen molar-refractivity contribution in [2.24, 2.45) is 0 Å². The van der Waals surface area contributed by atoms with Crippen LogP contribution in [0.15, 0.2) is 77.6 Å². The molecule has 0 aliphatic carbocycles. The molecule has 0 unspecified atom stereocenters. The van der Waals surface area contributed by atoms with Crippen molar-refractivity contribution in [1.29, 1.82) is 0 Å². The third kappa shape index (κ3) is 3.77. The van der Waals surface area contributed by atoms with E-state index in [-0.39, 0.29) is 11.8 Å². The van der Waals surface area contributed by atoms with Gasteiger partial charge in [-0.3, -0.25) is 9.78 Å². The highest BCUT2D eigenvalue weighted by molar-refractivity contribution is 6.33. The minimum Gasteiger partial charge on any atom is -0.348 e. The van der Waals surface area contributed by atoms with Gasteiger partial charge in [0.2, 0.25) is 5.82 Å². The molecule has 4 aromatic rings. The molecule has 28 heavy (non-hydrogen) atoms. The van der Waals surface area contributed by atoms with Gasteiger partial charge in [0.15, 0.2) is 0 Å². The van der Waals surface area contributed by atoms with Crippen LogP contribution in [0.2, 0.25) is 5.02 Å². The first-order chi connectivity index (χ1) is 13.7. The monoisotopic (exact) mass is 390 g/mol. The van der Waals surface area contributed by atoms with Crippen LogP contribution in [-0.4, -0.2) is 21.0 Å². The Morgan fingerprint density at radius 3 is 2.57 bits per heavy atom. The van der Waals surface area contributed by atoms with E-state index < -0.39 is 0 Å². The number of rotatable bonds is 5. The quantitative estimate of drug-likeness (QED) is 0.546. The lowest BCUT2D eigenvalue weighted by Crippen LogP contribution is -2.23. The number of pyridine rings is 1. The summed E-state index contributed by atoms with van der Waals surface area (Å²) in [5, 5.41) is 7.42. The van der Waals surface area contributed by atoms with E-state index in [0.29, 0.717) is 34.1 Å². The summed E-state index contributed by atoms with van der Waals surface area (Å²) in [5.74, 6) is 0.380. The summed E-state index contributed by atoms with van der Waals surface area (Å²) in [6.45, 7) is 0.371. The van der Waals surface area contributed by atoms with Crippen LogP contribution in [0.5, 0.6) is 0 Å². The third-order valence-electron chi connectivity index (χ3n) is 4.12. The van der Waals surface area contributed by atoms with Gasteiger partial charge in [0, 0.05) is 24.5 Å². The van der Waals surface area contributed by atoms with Gasteiger partial charge in [0.1, 0.15) is 0 Å². The summed E-state index contributed by atoms with van der Waals surface area (Å²) >= 11 is 6.20. The fourth-order valence-corrected chi connectivity index (χ4v) is 2.95. The average Bonchev–Trinajstić information content (AvgIpc) is 3.23. The molecule has 0 bridgehead atoms. The molecule has 1 amide bonds. The lowest BCUT2D eigenvalue weighted by Gasteiger charge is -2.07. The number of amides is 1. The van der Waals surface area contributed by atoms with Gasteiger partial charge in [0.25, 0.3) is 11.8 Å². The zero-order valence-electron chi connectivity index (χ0n) is 14.7. The minimum atomic E-state index is -0.239. The maximum atomic E-state index is 12.7. The molecule has 2 aromatic heterocycles. The van der Waals surface area contributed by atoms with E-state index in [1.165, 1.54) is 0 Å². The first kappa shape index (κ1) is 17.9. The number of carbonyl (C=O) groups is 1. The topological polar surface area (TPSA) is 80.9 Å². The summed E-state index contributed by atoms with van der Waals surface area (Å²) < 4.78 is 5.40. The van der Waals surface area contributed by atoms with Gasteiger partial charge < -0.3 is 9.84 Å². The van der Waals surface area contributed by atoms with Gasteiger partial charge in [-0.1, -0.05) is 47.1 Å². The van der Waals surface area contributed by atoms with E-state index in [1.54, 1.807) is 36.7 Å². The molecule has 6 nitrogen and oxygen atoms in total. The van der Waals surface area contributed by atoms with E-state index in [2.05, 4.69) is 20.4 Å².